The number of benzene rings is 2. The van der Waals surface area contributed by atoms with Gasteiger partial charge in [-0.25, -0.2) is 0 Å². The van der Waals surface area contributed by atoms with Crippen LogP contribution in [0.4, 0.5) is 0 Å². The van der Waals surface area contributed by atoms with Crippen molar-refractivity contribution in [3.8, 4) is 17.2 Å². The molecule has 0 unspecified atom stereocenters. The van der Waals surface area contributed by atoms with Crippen LogP contribution in [0.5, 0.6) is 17.2 Å². The van der Waals surface area contributed by atoms with Crippen molar-refractivity contribution in [2.24, 2.45) is 5.16 Å². The van der Waals surface area contributed by atoms with Gasteiger partial charge in [0, 0.05) is 18.6 Å². The number of hydrogen-bond acceptors (Lipinski definition) is 5. The fraction of sp³-hybridized carbons (Fsp3) is 0.348. The molecule has 5 nitrogen and oxygen atoms in total. The van der Waals surface area contributed by atoms with Crippen molar-refractivity contribution in [2.75, 3.05) is 19.8 Å². The summed E-state index contributed by atoms with van der Waals surface area (Å²) in [6, 6.07) is 10.8. The summed E-state index contributed by atoms with van der Waals surface area (Å²) < 4.78 is 17.0. The topological polar surface area (TPSA) is 49.3 Å². The van der Waals surface area contributed by atoms with Crippen LogP contribution < -0.4 is 14.2 Å². The van der Waals surface area contributed by atoms with E-state index in [-0.39, 0.29) is 16.7 Å². The van der Waals surface area contributed by atoms with E-state index < -0.39 is 0 Å². The van der Waals surface area contributed by atoms with Gasteiger partial charge in [-0.15, -0.1) is 0 Å². The van der Waals surface area contributed by atoms with Crippen LogP contribution in [-0.4, -0.2) is 31.6 Å². The van der Waals surface area contributed by atoms with Crippen LogP contribution in [0.15, 0.2) is 52.1 Å². The van der Waals surface area contributed by atoms with Crippen LogP contribution in [-0.2, 0) is 4.84 Å². The summed E-state index contributed by atoms with van der Waals surface area (Å²) in [6.45, 7) is 6.88. The van der Waals surface area contributed by atoms with Crippen LogP contribution in [0.3, 0.4) is 0 Å². The van der Waals surface area contributed by atoms with E-state index in [1.165, 1.54) is 6.08 Å². The summed E-state index contributed by atoms with van der Waals surface area (Å²) in [4.78, 5) is 5.33. The molecule has 9 heteroatoms. The second kappa shape index (κ2) is 13.0. The summed E-state index contributed by atoms with van der Waals surface area (Å²) >= 11 is 23.6. The molecule has 0 atom stereocenters. The largest absolute Gasteiger partial charge is 0.493 e. The summed E-state index contributed by atoms with van der Waals surface area (Å²) in [6.07, 6.45) is 3.82. The lowest BCUT2D eigenvalue weighted by atomic mass is 10.2. The van der Waals surface area contributed by atoms with Gasteiger partial charge >= 0.3 is 0 Å². The van der Waals surface area contributed by atoms with Crippen molar-refractivity contribution in [3.05, 3.63) is 62.6 Å². The highest BCUT2D eigenvalue weighted by Gasteiger charge is 2.11. The lowest BCUT2D eigenvalue weighted by Crippen LogP contribution is -2.15. The first kappa shape index (κ1) is 26.5. The van der Waals surface area contributed by atoms with Gasteiger partial charge in [-0.05, 0) is 56.7 Å². The minimum atomic E-state index is -0.317. The van der Waals surface area contributed by atoms with Crippen molar-refractivity contribution >= 4 is 52.6 Å². The van der Waals surface area contributed by atoms with Crippen molar-refractivity contribution in [3.63, 3.8) is 0 Å². The van der Waals surface area contributed by atoms with E-state index in [1.807, 2.05) is 45.0 Å². The Morgan fingerprint density at radius 2 is 1.53 bits per heavy atom. The number of halogens is 4. The maximum absolute atomic E-state index is 6.25. The van der Waals surface area contributed by atoms with E-state index in [9.17, 15) is 0 Å². The van der Waals surface area contributed by atoms with Gasteiger partial charge in [0.15, 0.2) is 5.75 Å². The number of hydrogen-bond donors (Lipinski definition) is 0. The van der Waals surface area contributed by atoms with Crippen LogP contribution >= 0.6 is 46.4 Å². The van der Waals surface area contributed by atoms with Gasteiger partial charge in [0.05, 0.1) is 29.5 Å². The Balaban J connectivity index is 1.75. The van der Waals surface area contributed by atoms with Gasteiger partial charge in [0.1, 0.15) is 28.2 Å². The monoisotopic (exact) mass is 519 g/mol. The summed E-state index contributed by atoms with van der Waals surface area (Å²) in [5.74, 6) is 1.63. The van der Waals surface area contributed by atoms with Crippen molar-refractivity contribution in [1.82, 2.24) is 0 Å². The Labute approximate surface area is 208 Å². The smallest absolute Gasteiger partial charge is 0.156 e. The maximum atomic E-state index is 6.25. The standard InChI is InChI=1S/C23H25Cl4NO4/c1-23(2,3)32-28-15-16-5-7-17(8-6-16)29-10-4-11-31-22-19(24)13-18(14-20(22)25)30-12-9-21(26)27/h5-9,13-15H,4,10-12H2,1-3H3/b28-15+. The van der Waals surface area contributed by atoms with Gasteiger partial charge in [0.2, 0.25) is 0 Å². The lowest BCUT2D eigenvalue weighted by molar-refractivity contribution is 0.00199. The van der Waals surface area contributed by atoms with E-state index in [0.29, 0.717) is 41.2 Å². The summed E-state index contributed by atoms with van der Waals surface area (Å²) in [7, 11) is 0. The van der Waals surface area contributed by atoms with Crippen LogP contribution in [0.2, 0.25) is 10.0 Å². The van der Waals surface area contributed by atoms with Crippen molar-refractivity contribution < 1.29 is 19.0 Å². The van der Waals surface area contributed by atoms with Gasteiger partial charge in [-0.2, -0.15) is 0 Å². The highest BCUT2D eigenvalue weighted by Crippen LogP contribution is 2.37. The fourth-order valence-electron chi connectivity index (χ4n) is 2.28. The molecular weight excluding hydrogens is 496 g/mol. The molecule has 0 aliphatic rings. The molecule has 0 N–H and O–H groups in total. The molecule has 0 bridgehead atoms. The maximum Gasteiger partial charge on any atom is 0.156 e. The first-order valence-electron chi connectivity index (χ1n) is 9.84. The summed E-state index contributed by atoms with van der Waals surface area (Å²) in [5.41, 5.74) is 0.603. The molecular formula is C23H25Cl4NO4. The molecule has 0 heterocycles. The van der Waals surface area contributed by atoms with E-state index in [1.54, 1.807) is 18.3 Å². The van der Waals surface area contributed by atoms with E-state index >= 15 is 0 Å². The first-order chi connectivity index (χ1) is 15.1. The predicted octanol–water partition coefficient (Wildman–Crippen LogP) is 7.69. The molecule has 0 aliphatic carbocycles. The number of nitrogens with zero attached hydrogens (tertiary/aromatic N) is 1. The lowest BCUT2D eigenvalue weighted by Gasteiger charge is -2.14. The molecule has 2 rings (SSSR count). The van der Waals surface area contributed by atoms with Gasteiger partial charge < -0.3 is 19.0 Å². The first-order valence-corrected chi connectivity index (χ1v) is 11.4. The molecule has 0 aliphatic heterocycles. The van der Waals surface area contributed by atoms with Gasteiger partial charge in [-0.3, -0.25) is 0 Å². The minimum Gasteiger partial charge on any atom is -0.493 e. The molecule has 0 fully saturated rings. The number of rotatable bonds is 11. The van der Waals surface area contributed by atoms with E-state index in [2.05, 4.69) is 5.16 Å². The Kier molecular flexibility index (Phi) is 10.8. The molecule has 0 saturated carbocycles. The SMILES string of the molecule is CC(C)(C)O/N=C/c1ccc(OCCCOc2c(Cl)cc(OCC=C(Cl)Cl)cc2Cl)cc1. The van der Waals surface area contributed by atoms with Crippen molar-refractivity contribution in [1.29, 1.82) is 0 Å². The van der Waals surface area contributed by atoms with Crippen molar-refractivity contribution in [2.45, 2.75) is 32.8 Å². The van der Waals surface area contributed by atoms with E-state index in [4.69, 9.17) is 65.5 Å². The zero-order valence-corrected chi connectivity index (χ0v) is 21.1. The molecule has 0 spiro atoms. The second-order valence-corrected chi connectivity index (χ2v) is 9.40. The third-order valence-corrected chi connectivity index (χ3v) is 4.54. The number of ether oxygens (including phenoxy) is 3. The zero-order valence-electron chi connectivity index (χ0n) is 18.0. The highest BCUT2D eigenvalue weighted by atomic mass is 35.5. The Morgan fingerprint density at radius 1 is 0.906 bits per heavy atom. The van der Waals surface area contributed by atoms with Gasteiger partial charge in [-0.1, -0.05) is 51.6 Å². The average Bonchev–Trinajstić information content (AvgIpc) is 2.69. The third kappa shape index (κ3) is 10.2. The quantitative estimate of drug-likeness (QED) is 0.173. The fourth-order valence-corrected chi connectivity index (χ4v) is 2.98. The molecule has 0 saturated heterocycles. The molecule has 2 aromatic rings. The Hall–Kier alpha value is -1.79. The normalized spacial score (nSPS) is 11.3. The van der Waals surface area contributed by atoms with Crippen LogP contribution in [0, 0.1) is 0 Å². The van der Waals surface area contributed by atoms with Gasteiger partial charge in [0.25, 0.3) is 0 Å². The molecule has 2 aromatic carbocycles. The third-order valence-electron chi connectivity index (χ3n) is 3.67. The zero-order chi connectivity index (χ0) is 23.6. The molecule has 0 aromatic heterocycles. The Bertz CT molecular complexity index is 898. The molecule has 0 radical (unpaired) electrons. The number of oxime groups is 1. The molecule has 0 amide bonds. The second-order valence-electron chi connectivity index (χ2n) is 7.58. The Morgan fingerprint density at radius 3 is 2.12 bits per heavy atom. The molecule has 32 heavy (non-hydrogen) atoms. The minimum absolute atomic E-state index is 0.125. The van der Waals surface area contributed by atoms with Crippen LogP contribution in [0.25, 0.3) is 0 Å². The summed E-state index contributed by atoms with van der Waals surface area (Å²) in [5, 5.41) is 4.67. The van der Waals surface area contributed by atoms with E-state index in [0.717, 1.165) is 11.3 Å². The average molecular weight is 521 g/mol. The predicted molar refractivity (Wildman–Crippen MR) is 132 cm³/mol. The molecule has 174 valence electrons. The van der Waals surface area contributed by atoms with Crippen LogP contribution in [0.1, 0.15) is 32.8 Å². The highest BCUT2D eigenvalue weighted by molar-refractivity contribution is 6.55.